The molecule has 3 N–H and O–H groups in total. The molecule has 0 spiro atoms. The zero-order valence-corrected chi connectivity index (χ0v) is 16.5. The first-order chi connectivity index (χ1) is 13.1. The number of amides is 1. The van der Waals surface area contributed by atoms with Crippen molar-refractivity contribution in [3.8, 4) is 10.6 Å². The van der Waals surface area contributed by atoms with E-state index in [0.717, 1.165) is 28.1 Å². The second-order valence-corrected chi connectivity index (χ2v) is 8.92. The Kier molecular flexibility index (Phi) is 4.31. The lowest BCUT2D eigenvalue weighted by molar-refractivity contribution is -0.137. The van der Waals surface area contributed by atoms with Crippen molar-refractivity contribution >= 4 is 44.0 Å². The summed E-state index contributed by atoms with van der Waals surface area (Å²) in [6, 6.07) is 2.93. The number of carboxylic acid groups (broad SMARTS) is 1. The number of rotatable bonds is 1. The molecule has 0 fully saturated rings. The topological polar surface area (TPSA) is 79.5 Å². The Labute approximate surface area is 166 Å². The standard InChI is InChI=1S/C18H16F3N3O2S2/c1-7-5-10-13(15(22)28-14(10)8(2)24(7)17(25)26)16-23-11-6-9(18(19,20)21)3-4-12(11)27-16/h3-4,6-8H,5,22H2,1-2H3,(H,25,26). The maximum Gasteiger partial charge on any atom is 0.416 e. The highest BCUT2D eigenvalue weighted by Gasteiger charge is 2.37. The molecule has 5 nitrogen and oxygen atoms in total. The van der Waals surface area contributed by atoms with Crippen molar-refractivity contribution in [2.45, 2.75) is 38.5 Å². The van der Waals surface area contributed by atoms with Gasteiger partial charge in [0, 0.05) is 16.5 Å². The van der Waals surface area contributed by atoms with Gasteiger partial charge in [-0.3, -0.25) is 4.90 Å². The highest BCUT2D eigenvalue weighted by atomic mass is 32.1. The molecule has 1 aromatic carbocycles. The monoisotopic (exact) mass is 427 g/mol. The fourth-order valence-corrected chi connectivity index (χ4v) is 5.99. The smallest absolute Gasteiger partial charge is 0.416 e. The summed E-state index contributed by atoms with van der Waals surface area (Å²) in [4.78, 5) is 18.3. The number of hydrogen-bond acceptors (Lipinski definition) is 5. The van der Waals surface area contributed by atoms with E-state index in [-0.39, 0.29) is 17.6 Å². The SMILES string of the molecule is CC1Cc2c(sc(N)c2-c2nc3cc(C(F)(F)F)ccc3s2)C(C)N1C(=O)O. The third-order valence-corrected chi connectivity index (χ3v) is 7.27. The van der Waals surface area contributed by atoms with Crippen LogP contribution in [0.1, 0.15) is 35.9 Å². The maximum atomic E-state index is 13.0. The minimum absolute atomic E-state index is 0.237. The van der Waals surface area contributed by atoms with Crippen LogP contribution in [0.2, 0.25) is 0 Å². The van der Waals surface area contributed by atoms with Crippen LogP contribution in [0.25, 0.3) is 20.8 Å². The van der Waals surface area contributed by atoms with Crippen LogP contribution in [-0.4, -0.2) is 27.1 Å². The van der Waals surface area contributed by atoms with Crippen molar-refractivity contribution in [3.63, 3.8) is 0 Å². The largest absolute Gasteiger partial charge is 0.465 e. The molecule has 28 heavy (non-hydrogen) atoms. The molecule has 1 aliphatic rings. The number of alkyl halides is 3. The number of nitrogens with two attached hydrogens (primary N) is 1. The summed E-state index contributed by atoms with van der Waals surface area (Å²) in [5.41, 5.74) is 7.44. The summed E-state index contributed by atoms with van der Waals surface area (Å²) in [6.45, 7) is 3.65. The van der Waals surface area contributed by atoms with Gasteiger partial charge < -0.3 is 10.8 Å². The van der Waals surface area contributed by atoms with Gasteiger partial charge >= 0.3 is 12.3 Å². The van der Waals surface area contributed by atoms with Crippen molar-refractivity contribution in [2.75, 3.05) is 5.73 Å². The number of aromatic nitrogens is 1. The average molecular weight is 427 g/mol. The van der Waals surface area contributed by atoms with Crippen LogP contribution in [0.15, 0.2) is 18.2 Å². The average Bonchev–Trinajstić information content (AvgIpc) is 3.13. The number of thiazole rings is 1. The Morgan fingerprint density at radius 1 is 1.32 bits per heavy atom. The molecular formula is C18H16F3N3O2S2. The molecule has 2 unspecified atom stereocenters. The van der Waals surface area contributed by atoms with Gasteiger partial charge in [-0.05, 0) is 44.0 Å². The van der Waals surface area contributed by atoms with E-state index in [2.05, 4.69) is 4.98 Å². The fourth-order valence-electron chi connectivity index (χ4n) is 3.74. The highest BCUT2D eigenvalue weighted by molar-refractivity contribution is 7.22. The summed E-state index contributed by atoms with van der Waals surface area (Å²) in [6.07, 6.45) is -4.93. The van der Waals surface area contributed by atoms with Gasteiger partial charge in [0.25, 0.3) is 0 Å². The molecule has 10 heteroatoms. The van der Waals surface area contributed by atoms with Crippen LogP contribution >= 0.6 is 22.7 Å². The molecule has 0 bridgehead atoms. The van der Waals surface area contributed by atoms with Crippen LogP contribution in [0.4, 0.5) is 23.0 Å². The first-order valence-electron chi connectivity index (χ1n) is 8.48. The molecule has 3 heterocycles. The van der Waals surface area contributed by atoms with Crippen LogP contribution < -0.4 is 5.73 Å². The van der Waals surface area contributed by atoms with E-state index in [4.69, 9.17) is 5.73 Å². The minimum Gasteiger partial charge on any atom is -0.465 e. The molecule has 0 saturated carbocycles. The van der Waals surface area contributed by atoms with Crippen molar-refractivity contribution in [1.29, 1.82) is 0 Å². The number of thiophene rings is 1. The maximum absolute atomic E-state index is 13.0. The molecule has 1 aliphatic heterocycles. The molecular weight excluding hydrogens is 411 g/mol. The van der Waals surface area contributed by atoms with Gasteiger partial charge in [0.15, 0.2) is 0 Å². The summed E-state index contributed by atoms with van der Waals surface area (Å²) >= 11 is 2.61. The third kappa shape index (κ3) is 2.91. The molecule has 2 aromatic heterocycles. The summed E-state index contributed by atoms with van der Waals surface area (Å²) in [5, 5.41) is 10.6. The lowest BCUT2D eigenvalue weighted by atomic mass is 9.93. The van der Waals surface area contributed by atoms with Gasteiger partial charge in [-0.1, -0.05) is 0 Å². The number of fused-ring (bicyclic) bond motifs is 2. The van der Waals surface area contributed by atoms with Crippen molar-refractivity contribution < 1.29 is 23.1 Å². The first kappa shape index (κ1) is 19.0. The van der Waals surface area contributed by atoms with E-state index in [0.29, 0.717) is 21.1 Å². The van der Waals surface area contributed by atoms with E-state index in [1.54, 1.807) is 0 Å². The van der Waals surface area contributed by atoms with Crippen LogP contribution in [0.3, 0.4) is 0 Å². The Morgan fingerprint density at radius 2 is 2.04 bits per heavy atom. The van der Waals surface area contributed by atoms with Gasteiger partial charge in [0.05, 0.1) is 26.8 Å². The van der Waals surface area contributed by atoms with Crippen LogP contribution in [0.5, 0.6) is 0 Å². The minimum atomic E-state index is -4.43. The van der Waals surface area contributed by atoms with Gasteiger partial charge in [-0.25, -0.2) is 9.78 Å². The third-order valence-electron chi connectivity index (χ3n) is 4.99. The number of halogens is 3. The Bertz CT molecular complexity index is 1090. The Balaban J connectivity index is 1.83. The lowest BCUT2D eigenvalue weighted by Gasteiger charge is -2.36. The lowest BCUT2D eigenvalue weighted by Crippen LogP contribution is -2.43. The first-order valence-corrected chi connectivity index (χ1v) is 10.1. The summed E-state index contributed by atoms with van der Waals surface area (Å²) in [5.74, 6) is 0. The number of anilines is 1. The van der Waals surface area contributed by atoms with E-state index in [1.165, 1.54) is 33.6 Å². The number of nitrogens with zero attached hydrogens (tertiary/aromatic N) is 2. The molecule has 0 saturated heterocycles. The van der Waals surface area contributed by atoms with Crippen molar-refractivity contribution in [2.24, 2.45) is 0 Å². The number of nitrogen functional groups attached to an aromatic ring is 1. The molecule has 148 valence electrons. The second-order valence-electron chi connectivity index (χ2n) is 6.80. The second kappa shape index (κ2) is 6.35. The summed E-state index contributed by atoms with van der Waals surface area (Å²) in [7, 11) is 0. The summed E-state index contributed by atoms with van der Waals surface area (Å²) < 4.78 is 39.6. The Hall–Kier alpha value is -2.33. The zero-order chi connectivity index (χ0) is 20.4. The van der Waals surface area contributed by atoms with E-state index in [1.807, 2.05) is 13.8 Å². The predicted octanol–water partition coefficient (Wildman–Crippen LogP) is 5.61. The van der Waals surface area contributed by atoms with Crippen molar-refractivity contribution in [3.05, 3.63) is 34.2 Å². The van der Waals surface area contributed by atoms with Crippen molar-refractivity contribution in [1.82, 2.24) is 9.88 Å². The molecule has 1 amide bonds. The van der Waals surface area contributed by atoms with E-state index in [9.17, 15) is 23.1 Å². The molecule has 0 radical (unpaired) electrons. The molecule has 3 aromatic rings. The van der Waals surface area contributed by atoms with Gasteiger partial charge in [-0.15, -0.1) is 22.7 Å². The van der Waals surface area contributed by atoms with Crippen LogP contribution in [0, 0.1) is 0 Å². The zero-order valence-electron chi connectivity index (χ0n) is 14.9. The Morgan fingerprint density at radius 3 is 2.68 bits per heavy atom. The number of benzene rings is 1. The fraction of sp³-hybridized carbons (Fsp3) is 0.333. The molecule has 4 rings (SSSR count). The van der Waals surface area contributed by atoms with E-state index < -0.39 is 17.8 Å². The quantitative estimate of drug-likeness (QED) is 0.529. The molecule has 0 aliphatic carbocycles. The van der Waals surface area contributed by atoms with E-state index >= 15 is 0 Å². The number of hydrogen-bond donors (Lipinski definition) is 2. The molecule has 2 atom stereocenters. The predicted molar refractivity (Wildman–Crippen MR) is 104 cm³/mol. The van der Waals surface area contributed by atoms with Gasteiger partial charge in [0.1, 0.15) is 5.01 Å². The van der Waals surface area contributed by atoms with Gasteiger partial charge in [0.2, 0.25) is 0 Å². The van der Waals surface area contributed by atoms with Gasteiger partial charge in [-0.2, -0.15) is 13.2 Å². The number of carbonyl (C=O) groups is 1. The normalized spacial score (nSPS) is 19.8. The van der Waals surface area contributed by atoms with Crippen LogP contribution in [-0.2, 0) is 12.6 Å². The highest BCUT2D eigenvalue weighted by Crippen LogP contribution is 2.48.